The molecule has 8 aromatic carbocycles. The van der Waals surface area contributed by atoms with Crippen LogP contribution in [0, 0.1) is 0 Å². The summed E-state index contributed by atoms with van der Waals surface area (Å²) in [4.78, 5) is 1.90. The SMILES string of the molecule is [2H]c1c([2H])c(-c2ccc3ccccc3c2)c([2H])c(N(c2ccc(-c3ccccc3)cc2)c2ccc(-c3cccc4c3C(C)(C)c3ccccc3-4)cc2)c1[2H]. The van der Waals surface area contributed by atoms with E-state index in [9.17, 15) is 2.74 Å². The van der Waals surface area contributed by atoms with Crippen LogP contribution in [0.1, 0.15) is 30.5 Å². The second kappa shape index (κ2) is 12.1. The largest absolute Gasteiger partial charge is 0.310 e. The Balaban J connectivity index is 1.21. The second-order valence-corrected chi connectivity index (χ2v) is 13.5. The fourth-order valence-corrected chi connectivity index (χ4v) is 7.65. The number of fused-ring (bicyclic) bond motifs is 4. The number of rotatable bonds is 6. The van der Waals surface area contributed by atoms with Crippen LogP contribution in [-0.2, 0) is 5.41 Å². The van der Waals surface area contributed by atoms with Crippen LogP contribution in [0.25, 0.3) is 55.3 Å². The highest BCUT2D eigenvalue weighted by atomic mass is 15.1. The van der Waals surface area contributed by atoms with Gasteiger partial charge in [0, 0.05) is 22.5 Å². The second-order valence-electron chi connectivity index (χ2n) is 13.5. The maximum absolute atomic E-state index is 9.68. The Hall–Kier alpha value is -6.18. The van der Waals surface area contributed by atoms with E-state index in [1.54, 1.807) is 0 Å². The van der Waals surface area contributed by atoms with E-state index in [4.69, 9.17) is 2.74 Å². The van der Waals surface area contributed by atoms with Gasteiger partial charge >= 0.3 is 0 Å². The van der Waals surface area contributed by atoms with Crippen LogP contribution in [0.5, 0.6) is 0 Å². The fraction of sp³-hybridized carbons (Fsp3) is 0.0612. The molecule has 0 saturated carbocycles. The highest BCUT2D eigenvalue weighted by molar-refractivity contribution is 5.90. The Bertz CT molecular complexity index is 2720. The number of benzene rings is 8. The number of nitrogens with zero attached hydrogens (tertiary/aromatic N) is 1. The lowest BCUT2D eigenvalue weighted by Crippen LogP contribution is -2.16. The molecule has 1 nitrogen and oxygen atoms in total. The third kappa shape index (κ3) is 5.11. The van der Waals surface area contributed by atoms with E-state index in [-0.39, 0.29) is 35.3 Å². The first kappa shape index (κ1) is 25.8. The molecule has 0 fully saturated rings. The Morgan fingerprint density at radius 1 is 0.440 bits per heavy atom. The van der Waals surface area contributed by atoms with Gasteiger partial charge in [-0.1, -0.05) is 159 Å². The van der Waals surface area contributed by atoms with Crippen LogP contribution in [0.2, 0.25) is 0 Å². The minimum absolute atomic E-state index is 0.0351. The van der Waals surface area contributed by atoms with E-state index < -0.39 is 0 Å². The van der Waals surface area contributed by atoms with Crippen molar-refractivity contribution in [3.63, 3.8) is 0 Å². The van der Waals surface area contributed by atoms with Crippen LogP contribution in [0.4, 0.5) is 17.1 Å². The maximum Gasteiger partial charge on any atom is 0.0651 e. The monoisotopic (exact) mass is 643 g/mol. The van der Waals surface area contributed by atoms with Gasteiger partial charge in [0.2, 0.25) is 0 Å². The summed E-state index contributed by atoms with van der Waals surface area (Å²) in [6, 6.07) is 55.2. The molecule has 8 aromatic rings. The van der Waals surface area contributed by atoms with Gasteiger partial charge in [0.15, 0.2) is 0 Å². The van der Waals surface area contributed by atoms with Crippen LogP contribution in [-0.4, -0.2) is 0 Å². The summed E-state index contributed by atoms with van der Waals surface area (Å²) in [6.07, 6.45) is 0. The minimum atomic E-state index is -0.215. The summed E-state index contributed by atoms with van der Waals surface area (Å²) in [5, 5.41) is 2.04. The normalized spacial score (nSPS) is 13.9. The van der Waals surface area contributed by atoms with Crippen molar-refractivity contribution in [2.75, 3.05) is 4.90 Å². The average Bonchev–Trinajstić information content (AvgIpc) is 3.45. The Labute approximate surface area is 300 Å². The van der Waals surface area contributed by atoms with Crippen LogP contribution < -0.4 is 4.90 Å². The third-order valence-corrected chi connectivity index (χ3v) is 10.1. The van der Waals surface area contributed by atoms with Gasteiger partial charge < -0.3 is 4.90 Å². The van der Waals surface area contributed by atoms with Gasteiger partial charge in [-0.05, 0) is 109 Å². The lowest BCUT2D eigenvalue weighted by atomic mass is 9.79. The highest BCUT2D eigenvalue weighted by Gasteiger charge is 2.37. The van der Waals surface area contributed by atoms with Crippen molar-refractivity contribution in [2.45, 2.75) is 19.3 Å². The zero-order valence-corrected chi connectivity index (χ0v) is 28.0. The molecule has 0 aromatic heterocycles. The smallest absolute Gasteiger partial charge is 0.0651 e. The molecule has 238 valence electrons. The molecule has 0 heterocycles. The van der Waals surface area contributed by atoms with E-state index in [1.807, 2.05) is 89.8 Å². The molecule has 0 unspecified atom stereocenters. The van der Waals surface area contributed by atoms with Crippen molar-refractivity contribution in [3.05, 3.63) is 199 Å². The minimum Gasteiger partial charge on any atom is -0.310 e. The molecular formula is C49H37N. The molecular weight excluding hydrogens is 603 g/mol. The highest BCUT2D eigenvalue weighted by Crippen LogP contribution is 2.52. The molecule has 50 heavy (non-hydrogen) atoms. The van der Waals surface area contributed by atoms with E-state index in [1.165, 1.54) is 27.8 Å². The summed E-state index contributed by atoms with van der Waals surface area (Å²) >= 11 is 0. The summed E-state index contributed by atoms with van der Waals surface area (Å²) in [5.41, 5.74) is 12.2. The van der Waals surface area contributed by atoms with Crippen LogP contribution >= 0.6 is 0 Å². The molecule has 0 radical (unpaired) electrons. The van der Waals surface area contributed by atoms with Crippen molar-refractivity contribution in [2.24, 2.45) is 0 Å². The van der Waals surface area contributed by atoms with E-state index >= 15 is 0 Å². The van der Waals surface area contributed by atoms with Gasteiger partial charge in [-0.3, -0.25) is 0 Å². The topological polar surface area (TPSA) is 3.24 Å². The Morgan fingerprint density at radius 3 is 1.82 bits per heavy atom. The van der Waals surface area contributed by atoms with Crippen LogP contribution in [0.15, 0.2) is 188 Å². The first-order chi connectivity index (χ1) is 26.2. The molecule has 0 atom stereocenters. The predicted molar refractivity (Wildman–Crippen MR) is 213 cm³/mol. The predicted octanol–water partition coefficient (Wildman–Crippen LogP) is 13.6. The van der Waals surface area contributed by atoms with Crippen molar-refractivity contribution < 1.29 is 5.48 Å². The van der Waals surface area contributed by atoms with Crippen molar-refractivity contribution >= 4 is 27.8 Å². The van der Waals surface area contributed by atoms with E-state index in [0.717, 1.165) is 38.8 Å². The molecule has 9 rings (SSSR count). The first-order valence-corrected chi connectivity index (χ1v) is 17.1. The molecule has 0 N–H and O–H groups in total. The summed E-state index contributed by atoms with van der Waals surface area (Å²) < 4.78 is 37.0. The Kier molecular flexibility index (Phi) is 6.22. The molecule has 1 heteroatoms. The first-order valence-electron chi connectivity index (χ1n) is 19.1. The van der Waals surface area contributed by atoms with Gasteiger partial charge in [-0.2, -0.15) is 0 Å². The molecule has 1 aliphatic rings. The zero-order chi connectivity index (χ0) is 37.1. The Morgan fingerprint density at radius 2 is 1.04 bits per heavy atom. The third-order valence-electron chi connectivity index (χ3n) is 10.1. The maximum atomic E-state index is 9.68. The molecule has 0 aliphatic heterocycles. The van der Waals surface area contributed by atoms with Gasteiger partial charge in [0.1, 0.15) is 0 Å². The molecule has 1 aliphatic carbocycles. The molecule has 0 spiro atoms. The van der Waals surface area contributed by atoms with Gasteiger partial charge in [0.25, 0.3) is 0 Å². The molecule has 0 bridgehead atoms. The summed E-state index contributed by atoms with van der Waals surface area (Å²) in [5.74, 6) is 0. The van der Waals surface area contributed by atoms with Gasteiger partial charge in [0.05, 0.1) is 5.48 Å². The zero-order valence-electron chi connectivity index (χ0n) is 32.0. The van der Waals surface area contributed by atoms with Crippen LogP contribution in [0.3, 0.4) is 0 Å². The van der Waals surface area contributed by atoms with Gasteiger partial charge in [-0.25, -0.2) is 0 Å². The van der Waals surface area contributed by atoms with E-state index in [0.29, 0.717) is 11.1 Å². The lowest BCUT2D eigenvalue weighted by molar-refractivity contribution is 0.662. The number of anilines is 3. The standard InChI is InChI=1S/C49H37N/c1-49(2)47-21-9-8-18-45(47)46-20-11-19-44(48(46)49)37-26-30-42(31-27-37)50(41-28-24-36(25-29-41)34-12-4-3-5-13-34)43-17-10-16-39(33-43)40-23-22-35-14-6-7-15-38(35)32-40/h3-33H,1-2H3/i10D,16D,17D,33D. The average molecular weight is 644 g/mol. The molecule has 0 saturated heterocycles. The van der Waals surface area contributed by atoms with Crippen molar-refractivity contribution in [1.29, 1.82) is 0 Å². The van der Waals surface area contributed by atoms with Crippen molar-refractivity contribution in [3.8, 4) is 44.5 Å². The lowest BCUT2D eigenvalue weighted by Gasteiger charge is -2.27. The summed E-state index contributed by atoms with van der Waals surface area (Å²) in [6.45, 7) is 4.59. The van der Waals surface area contributed by atoms with E-state index in [2.05, 4.69) is 92.7 Å². The fourth-order valence-electron chi connectivity index (χ4n) is 7.65. The summed E-state index contributed by atoms with van der Waals surface area (Å²) in [7, 11) is 0. The number of hydrogen-bond acceptors (Lipinski definition) is 1. The molecule has 0 amide bonds. The van der Waals surface area contributed by atoms with Crippen molar-refractivity contribution in [1.82, 2.24) is 0 Å². The number of hydrogen-bond donors (Lipinski definition) is 0. The quantitative estimate of drug-likeness (QED) is 0.174. The van der Waals surface area contributed by atoms with Gasteiger partial charge in [-0.15, -0.1) is 0 Å².